The predicted molar refractivity (Wildman–Crippen MR) is 92.4 cm³/mol. The summed E-state index contributed by atoms with van der Waals surface area (Å²) in [4.78, 5) is 36.1. The van der Waals surface area contributed by atoms with Crippen LogP contribution in [0.25, 0.3) is 11.8 Å². The van der Waals surface area contributed by atoms with E-state index in [4.69, 9.17) is 4.74 Å². The van der Waals surface area contributed by atoms with Crippen LogP contribution in [0.2, 0.25) is 0 Å². The Morgan fingerprint density at radius 2 is 1.88 bits per heavy atom. The minimum absolute atomic E-state index is 0.115. The number of ether oxygens (including phenoxy) is 2. The van der Waals surface area contributed by atoms with E-state index >= 15 is 0 Å². The third kappa shape index (κ3) is 4.06. The van der Waals surface area contributed by atoms with Crippen molar-refractivity contribution in [1.29, 1.82) is 0 Å². The van der Waals surface area contributed by atoms with E-state index in [0.717, 1.165) is 0 Å². The van der Waals surface area contributed by atoms with Crippen molar-refractivity contribution in [3.05, 3.63) is 58.0 Å². The van der Waals surface area contributed by atoms with Crippen LogP contribution < -0.4 is 5.56 Å². The summed E-state index contributed by atoms with van der Waals surface area (Å²) >= 11 is 0. The van der Waals surface area contributed by atoms with Gasteiger partial charge in [-0.05, 0) is 32.1 Å². The zero-order valence-electron chi connectivity index (χ0n) is 14.4. The first-order valence-electron chi connectivity index (χ1n) is 7.79. The third-order valence-corrected chi connectivity index (χ3v) is 3.61. The normalized spacial score (nSPS) is 10.8. The van der Waals surface area contributed by atoms with Gasteiger partial charge in [-0.25, -0.2) is 9.48 Å². The first kappa shape index (κ1) is 18.3. The Balaban J connectivity index is 2.59. The van der Waals surface area contributed by atoms with Crippen molar-refractivity contribution in [2.75, 3.05) is 13.7 Å². The van der Waals surface area contributed by atoms with Gasteiger partial charge in [0.25, 0.3) is 5.56 Å². The second-order valence-corrected chi connectivity index (χ2v) is 5.17. The average Bonchev–Trinajstić information content (AvgIpc) is 2.84. The molecule has 7 heteroatoms. The molecule has 0 spiro atoms. The molecule has 0 fully saturated rings. The monoisotopic (exact) mass is 344 g/mol. The Hall–Kier alpha value is -3.09. The van der Waals surface area contributed by atoms with Crippen LogP contribution in [-0.2, 0) is 25.6 Å². The van der Waals surface area contributed by atoms with Gasteiger partial charge in [-0.3, -0.25) is 14.3 Å². The van der Waals surface area contributed by atoms with Gasteiger partial charge < -0.3 is 9.47 Å². The summed E-state index contributed by atoms with van der Waals surface area (Å²) in [7, 11) is 1.26. The molecule has 0 atom stereocenters. The van der Waals surface area contributed by atoms with Gasteiger partial charge in [0.05, 0.1) is 25.0 Å². The molecule has 0 bridgehead atoms. The summed E-state index contributed by atoms with van der Waals surface area (Å²) in [5.74, 6) is -1.02. The average molecular weight is 344 g/mol. The fourth-order valence-corrected chi connectivity index (χ4v) is 2.42. The lowest BCUT2D eigenvalue weighted by Crippen LogP contribution is -2.25. The van der Waals surface area contributed by atoms with Gasteiger partial charge in [0.1, 0.15) is 6.54 Å². The van der Waals surface area contributed by atoms with Crippen LogP contribution in [0.15, 0.2) is 41.2 Å². The highest BCUT2D eigenvalue weighted by atomic mass is 16.5. The van der Waals surface area contributed by atoms with Crippen LogP contribution in [0.3, 0.4) is 0 Å². The number of carbonyl (C=O) groups is 2. The highest BCUT2D eigenvalue weighted by Gasteiger charge is 2.19. The number of carbonyl (C=O) groups excluding carboxylic acids is 2. The number of benzene rings is 1. The Kier molecular flexibility index (Phi) is 5.94. The molecule has 0 saturated carbocycles. The molecule has 0 aliphatic carbocycles. The number of hydrogen-bond acceptors (Lipinski definition) is 5. The maximum Gasteiger partial charge on any atom is 0.330 e. The fourth-order valence-electron chi connectivity index (χ4n) is 2.42. The van der Waals surface area contributed by atoms with Gasteiger partial charge in [-0.2, -0.15) is 0 Å². The molecule has 0 unspecified atom stereocenters. The molecule has 7 nitrogen and oxygen atoms in total. The van der Waals surface area contributed by atoms with Crippen molar-refractivity contribution in [3.8, 4) is 5.69 Å². The lowest BCUT2D eigenvalue weighted by atomic mass is 10.2. The number of hydrogen-bond donors (Lipinski definition) is 0. The van der Waals surface area contributed by atoms with Crippen LogP contribution in [0.4, 0.5) is 0 Å². The molecule has 132 valence electrons. The number of para-hydroxylation sites is 1. The van der Waals surface area contributed by atoms with E-state index in [9.17, 15) is 14.4 Å². The lowest BCUT2D eigenvalue weighted by molar-refractivity contribution is -0.144. The fraction of sp³-hybridized carbons (Fsp3) is 0.278. The maximum atomic E-state index is 12.8. The number of nitrogens with zero attached hydrogens (tertiary/aromatic N) is 2. The second kappa shape index (κ2) is 8.14. The Morgan fingerprint density at radius 3 is 2.48 bits per heavy atom. The molecular weight excluding hydrogens is 324 g/mol. The van der Waals surface area contributed by atoms with Crippen molar-refractivity contribution < 1.29 is 19.1 Å². The van der Waals surface area contributed by atoms with Gasteiger partial charge in [0.15, 0.2) is 0 Å². The van der Waals surface area contributed by atoms with Gasteiger partial charge in [0.2, 0.25) is 0 Å². The minimum atomic E-state index is -0.566. The van der Waals surface area contributed by atoms with Crippen LogP contribution in [0.1, 0.15) is 18.2 Å². The predicted octanol–water partition coefficient (Wildman–Crippen LogP) is 1.70. The molecule has 0 aliphatic rings. The molecule has 1 aromatic carbocycles. The number of aromatic nitrogens is 2. The van der Waals surface area contributed by atoms with Gasteiger partial charge in [0, 0.05) is 11.8 Å². The molecule has 0 N–H and O–H groups in total. The van der Waals surface area contributed by atoms with Gasteiger partial charge in [-0.1, -0.05) is 18.2 Å². The zero-order valence-corrected chi connectivity index (χ0v) is 14.4. The molecule has 1 aromatic heterocycles. The minimum Gasteiger partial charge on any atom is -0.466 e. The van der Waals surface area contributed by atoms with E-state index in [-0.39, 0.29) is 18.7 Å². The summed E-state index contributed by atoms with van der Waals surface area (Å²) in [6, 6.07) is 8.94. The Labute approximate surface area is 145 Å². The number of rotatable bonds is 6. The lowest BCUT2D eigenvalue weighted by Gasteiger charge is -2.12. The van der Waals surface area contributed by atoms with Crippen LogP contribution in [-0.4, -0.2) is 35.0 Å². The molecule has 25 heavy (non-hydrogen) atoms. The van der Waals surface area contributed by atoms with Gasteiger partial charge >= 0.3 is 11.9 Å². The van der Waals surface area contributed by atoms with Crippen molar-refractivity contribution in [2.24, 2.45) is 0 Å². The molecular formula is C18H20N2O5. The van der Waals surface area contributed by atoms with Crippen molar-refractivity contribution >= 4 is 18.0 Å². The Bertz CT molecular complexity index is 846. The molecule has 1 heterocycles. The first-order chi connectivity index (χ1) is 12.0. The Morgan fingerprint density at radius 1 is 1.20 bits per heavy atom. The highest BCUT2D eigenvalue weighted by Crippen LogP contribution is 2.13. The van der Waals surface area contributed by atoms with E-state index in [0.29, 0.717) is 16.9 Å². The zero-order chi connectivity index (χ0) is 18.4. The smallest absolute Gasteiger partial charge is 0.330 e. The highest BCUT2D eigenvalue weighted by molar-refractivity contribution is 5.87. The summed E-state index contributed by atoms with van der Waals surface area (Å²) in [5.41, 5.74) is 1.12. The summed E-state index contributed by atoms with van der Waals surface area (Å²) in [5, 5.41) is 0. The number of esters is 2. The van der Waals surface area contributed by atoms with Crippen LogP contribution in [0.5, 0.6) is 0 Å². The summed E-state index contributed by atoms with van der Waals surface area (Å²) in [6.45, 7) is 3.56. The van der Waals surface area contributed by atoms with Gasteiger partial charge in [-0.15, -0.1) is 0 Å². The van der Waals surface area contributed by atoms with E-state index in [1.807, 2.05) is 6.07 Å². The standard InChI is InChI=1S/C18H20N2O5/c1-4-25-17(22)12-19-13(2)15(10-11-16(21)24-3)18(23)20(19)14-8-6-5-7-9-14/h5-11H,4,12H2,1-3H3/b11-10+. The van der Waals surface area contributed by atoms with Crippen molar-refractivity contribution in [2.45, 2.75) is 20.4 Å². The van der Waals surface area contributed by atoms with Crippen LogP contribution >= 0.6 is 0 Å². The number of methoxy groups -OCH3 is 1. The molecule has 0 radical (unpaired) electrons. The van der Waals surface area contributed by atoms with E-state index in [2.05, 4.69) is 4.74 Å². The molecule has 0 amide bonds. The largest absolute Gasteiger partial charge is 0.466 e. The van der Waals surface area contributed by atoms with Crippen molar-refractivity contribution in [3.63, 3.8) is 0 Å². The molecule has 2 aromatic rings. The summed E-state index contributed by atoms with van der Waals surface area (Å²) in [6.07, 6.45) is 2.57. The first-order valence-corrected chi connectivity index (χ1v) is 7.79. The third-order valence-electron chi connectivity index (χ3n) is 3.61. The quantitative estimate of drug-likeness (QED) is 0.589. The molecule has 2 rings (SSSR count). The SMILES string of the molecule is CCOC(=O)Cn1c(C)c(/C=C/C(=O)OC)c(=O)n1-c1ccccc1. The van der Waals surface area contributed by atoms with E-state index < -0.39 is 11.9 Å². The maximum absolute atomic E-state index is 12.8. The molecule has 0 aliphatic heterocycles. The van der Waals surface area contributed by atoms with E-state index in [1.165, 1.54) is 28.6 Å². The van der Waals surface area contributed by atoms with Crippen molar-refractivity contribution in [1.82, 2.24) is 9.36 Å². The van der Waals surface area contributed by atoms with E-state index in [1.54, 1.807) is 38.1 Å². The molecule has 0 saturated heterocycles. The summed E-state index contributed by atoms with van der Waals surface area (Å²) < 4.78 is 12.5. The topological polar surface area (TPSA) is 79.5 Å². The second-order valence-electron chi connectivity index (χ2n) is 5.17. The van der Waals surface area contributed by atoms with Crippen LogP contribution in [0, 0.1) is 6.92 Å².